The Hall–Kier alpha value is -1.87. The Bertz CT molecular complexity index is 765. The smallest absolute Gasteiger partial charge is 0.373 e. The summed E-state index contributed by atoms with van der Waals surface area (Å²) in [5.74, 6) is -0.859. The molecule has 0 saturated carbocycles. The average molecular weight is 358 g/mol. The number of methoxy groups -OCH3 is 1. The first-order valence-electron chi connectivity index (χ1n) is 7.48. The zero-order valence-corrected chi connectivity index (χ0v) is 15.3. The van der Waals surface area contributed by atoms with Gasteiger partial charge in [-0.15, -0.1) is 0 Å². The summed E-state index contributed by atoms with van der Waals surface area (Å²) < 4.78 is 37.2. The third-order valence-electron chi connectivity index (χ3n) is 4.10. The van der Waals surface area contributed by atoms with Gasteiger partial charge in [0, 0.05) is 38.2 Å². The van der Waals surface area contributed by atoms with Crippen LogP contribution in [0.4, 0.5) is 0 Å². The van der Waals surface area contributed by atoms with Crippen LogP contribution in [0.3, 0.4) is 0 Å². The van der Waals surface area contributed by atoms with Crippen molar-refractivity contribution in [1.29, 1.82) is 0 Å². The van der Waals surface area contributed by atoms with Crippen molar-refractivity contribution in [2.75, 3.05) is 26.7 Å². The van der Waals surface area contributed by atoms with E-state index in [9.17, 15) is 18.0 Å². The predicted octanol–water partition coefficient (Wildman–Crippen LogP) is 1.01. The van der Waals surface area contributed by atoms with Gasteiger partial charge >= 0.3 is 5.97 Å². The second kappa shape index (κ2) is 6.21. The fraction of sp³-hybridized carbons (Fsp3) is 0.600. The molecule has 0 atom stereocenters. The number of piperazine rings is 1. The minimum Gasteiger partial charge on any atom is -0.463 e. The van der Waals surface area contributed by atoms with Crippen molar-refractivity contribution in [3.8, 4) is 0 Å². The summed E-state index contributed by atoms with van der Waals surface area (Å²) >= 11 is 0. The maximum Gasteiger partial charge on any atom is 0.373 e. The molecule has 0 aliphatic carbocycles. The number of furan rings is 1. The molecule has 1 amide bonds. The van der Waals surface area contributed by atoms with Crippen LogP contribution < -0.4 is 0 Å². The number of ether oxygens (including phenoxy) is 1. The Morgan fingerprint density at radius 3 is 2.42 bits per heavy atom. The van der Waals surface area contributed by atoms with E-state index in [0.717, 1.165) is 0 Å². The summed E-state index contributed by atoms with van der Waals surface area (Å²) in [5, 5.41) is 0. The van der Waals surface area contributed by atoms with E-state index in [1.165, 1.54) is 31.3 Å². The van der Waals surface area contributed by atoms with Gasteiger partial charge in [-0.1, -0.05) is 0 Å². The number of rotatable bonds is 3. The van der Waals surface area contributed by atoms with Crippen molar-refractivity contribution in [1.82, 2.24) is 9.21 Å². The fourth-order valence-corrected chi connectivity index (χ4v) is 4.82. The van der Waals surface area contributed by atoms with E-state index in [0.29, 0.717) is 13.1 Å². The molecule has 1 aromatic rings. The molecule has 1 aliphatic rings. The van der Waals surface area contributed by atoms with Gasteiger partial charge in [0.15, 0.2) is 0 Å². The Labute approximate surface area is 141 Å². The first-order valence-corrected chi connectivity index (χ1v) is 8.92. The quantitative estimate of drug-likeness (QED) is 0.748. The maximum absolute atomic E-state index is 13.0. The first kappa shape index (κ1) is 18.5. The highest BCUT2D eigenvalue weighted by Gasteiger charge is 2.43. The van der Waals surface area contributed by atoms with Crippen molar-refractivity contribution in [3.05, 3.63) is 17.6 Å². The summed E-state index contributed by atoms with van der Waals surface area (Å²) in [6.07, 6.45) is 0. The van der Waals surface area contributed by atoms with Crippen LogP contribution in [0.2, 0.25) is 0 Å². The van der Waals surface area contributed by atoms with Crippen LogP contribution in [0.15, 0.2) is 15.4 Å². The predicted molar refractivity (Wildman–Crippen MR) is 85.0 cm³/mol. The lowest BCUT2D eigenvalue weighted by Gasteiger charge is -2.45. The molecule has 0 unspecified atom stereocenters. The van der Waals surface area contributed by atoms with Crippen molar-refractivity contribution in [3.63, 3.8) is 0 Å². The molecule has 134 valence electrons. The Kier molecular flexibility index (Phi) is 4.78. The van der Waals surface area contributed by atoms with Gasteiger partial charge in [-0.25, -0.2) is 13.2 Å². The molecule has 0 radical (unpaired) electrons. The second-order valence-corrected chi connectivity index (χ2v) is 8.18. The number of esters is 1. The molecule has 1 aromatic heterocycles. The van der Waals surface area contributed by atoms with Crippen molar-refractivity contribution >= 4 is 21.9 Å². The third-order valence-corrected chi connectivity index (χ3v) is 6.32. The van der Waals surface area contributed by atoms with Crippen LogP contribution in [-0.2, 0) is 19.6 Å². The molecule has 2 heterocycles. The van der Waals surface area contributed by atoms with Gasteiger partial charge in [0.2, 0.25) is 21.7 Å². The molecule has 0 spiro atoms. The zero-order valence-electron chi connectivity index (χ0n) is 14.5. The van der Waals surface area contributed by atoms with Crippen LogP contribution in [0.1, 0.15) is 37.1 Å². The standard InChI is InChI=1S/C15H22N2O6S/c1-10-13(8-12(23-10)14(19)22-5)24(20,21)17-7-6-16(11(2)18)9-15(17,3)4/h8H,6-7,9H2,1-5H3. The largest absolute Gasteiger partial charge is 0.463 e. The maximum atomic E-state index is 13.0. The lowest BCUT2D eigenvalue weighted by atomic mass is 10.0. The highest BCUT2D eigenvalue weighted by molar-refractivity contribution is 7.89. The lowest BCUT2D eigenvalue weighted by molar-refractivity contribution is -0.132. The number of nitrogens with zero attached hydrogens (tertiary/aromatic N) is 2. The minimum absolute atomic E-state index is 0.0627. The van der Waals surface area contributed by atoms with Gasteiger partial charge in [-0.3, -0.25) is 4.79 Å². The SMILES string of the molecule is COC(=O)c1cc(S(=O)(=O)N2CCN(C(C)=O)CC2(C)C)c(C)o1. The Morgan fingerprint density at radius 1 is 1.29 bits per heavy atom. The minimum atomic E-state index is -3.88. The molecule has 0 bridgehead atoms. The Balaban J connectivity index is 2.39. The summed E-state index contributed by atoms with van der Waals surface area (Å²) in [7, 11) is -2.68. The monoisotopic (exact) mass is 358 g/mol. The number of carbonyl (C=O) groups excluding carboxylic acids is 2. The van der Waals surface area contributed by atoms with Crippen LogP contribution in [0, 0.1) is 6.92 Å². The van der Waals surface area contributed by atoms with Crippen molar-refractivity contribution in [2.45, 2.75) is 38.1 Å². The summed E-state index contributed by atoms with van der Waals surface area (Å²) in [5.41, 5.74) is -0.780. The lowest BCUT2D eigenvalue weighted by Crippen LogP contribution is -2.61. The Morgan fingerprint density at radius 2 is 1.92 bits per heavy atom. The molecule has 1 aliphatic heterocycles. The number of aryl methyl sites for hydroxylation is 1. The number of sulfonamides is 1. The summed E-state index contributed by atoms with van der Waals surface area (Å²) in [4.78, 5) is 24.7. The van der Waals surface area contributed by atoms with E-state index in [4.69, 9.17) is 4.42 Å². The molecule has 24 heavy (non-hydrogen) atoms. The van der Waals surface area contributed by atoms with Gasteiger partial charge in [0.05, 0.1) is 7.11 Å². The zero-order chi connectivity index (χ0) is 18.3. The molecule has 9 heteroatoms. The van der Waals surface area contributed by atoms with Crippen LogP contribution >= 0.6 is 0 Å². The highest BCUT2D eigenvalue weighted by atomic mass is 32.2. The number of hydrogen-bond donors (Lipinski definition) is 0. The van der Waals surface area contributed by atoms with Gasteiger partial charge in [0.25, 0.3) is 0 Å². The average Bonchev–Trinajstić information content (AvgIpc) is 2.87. The molecule has 1 fully saturated rings. The van der Waals surface area contributed by atoms with Gasteiger partial charge < -0.3 is 14.1 Å². The molecule has 2 rings (SSSR count). The number of carbonyl (C=O) groups is 2. The summed E-state index contributed by atoms with van der Waals surface area (Å²) in [6.45, 7) is 7.25. The normalized spacial score (nSPS) is 18.5. The second-order valence-electron chi connectivity index (χ2n) is 6.35. The molecular formula is C15H22N2O6S. The molecule has 0 N–H and O–H groups in total. The summed E-state index contributed by atoms with van der Waals surface area (Å²) in [6, 6.07) is 1.18. The number of amides is 1. The van der Waals surface area contributed by atoms with Gasteiger partial charge in [-0.2, -0.15) is 4.31 Å². The topological polar surface area (TPSA) is 97.1 Å². The molecular weight excluding hydrogens is 336 g/mol. The first-order chi connectivity index (χ1) is 11.0. The molecule has 8 nitrogen and oxygen atoms in total. The van der Waals surface area contributed by atoms with E-state index in [2.05, 4.69) is 4.74 Å². The van der Waals surface area contributed by atoms with E-state index < -0.39 is 21.5 Å². The third kappa shape index (κ3) is 3.18. The fourth-order valence-electron chi connectivity index (χ4n) is 2.89. The van der Waals surface area contributed by atoms with Gasteiger partial charge in [0.1, 0.15) is 10.7 Å². The van der Waals surface area contributed by atoms with Crippen LogP contribution in [0.5, 0.6) is 0 Å². The van der Waals surface area contributed by atoms with Crippen molar-refractivity contribution < 1.29 is 27.2 Å². The van der Waals surface area contributed by atoms with E-state index in [1.807, 2.05) is 0 Å². The van der Waals surface area contributed by atoms with Crippen molar-refractivity contribution in [2.24, 2.45) is 0 Å². The van der Waals surface area contributed by atoms with Gasteiger partial charge in [-0.05, 0) is 20.8 Å². The van der Waals surface area contributed by atoms with E-state index >= 15 is 0 Å². The molecule has 0 aromatic carbocycles. The van der Waals surface area contributed by atoms with Crippen LogP contribution in [-0.4, -0.2) is 61.8 Å². The number of hydrogen-bond acceptors (Lipinski definition) is 6. The molecule has 1 saturated heterocycles. The highest BCUT2D eigenvalue weighted by Crippen LogP contribution is 2.31. The van der Waals surface area contributed by atoms with Crippen LogP contribution in [0.25, 0.3) is 0 Å². The van der Waals surface area contributed by atoms with E-state index in [-0.39, 0.29) is 28.9 Å². The van der Waals surface area contributed by atoms with E-state index in [1.54, 1.807) is 18.7 Å².